The van der Waals surface area contributed by atoms with Crippen molar-refractivity contribution in [3.05, 3.63) is 60.0 Å². The van der Waals surface area contributed by atoms with Gasteiger partial charge in [0.1, 0.15) is 0 Å². The summed E-state index contributed by atoms with van der Waals surface area (Å²) in [5.41, 5.74) is 1.82. The molecule has 120 valence electrons. The lowest BCUT2D eigenvalue weighted by Crippen LogP contribution is -2.24. The average Bonchev–Trinajstić information content (AvgIpc) is 2.97. The van der Waals surface area contributed by atoms with Crippen LogP contribution in [0.4, 0.5) is 0 Å². The molecule has 1 N–H and O–H groups in total. The second kappa shape index (κ2) is 6.47. The van der Waals surface area contributed by atoms with Crippen molar-refractivity contribution >= 4 is 15.7 Å². The fourth-order valence-electron chi connectivity index (χ4n) is 2.38. The van der Waals surface area contributed by atoms with Crippen molar-refractivity contribution in [2.75, 3.05) is 0 Å². The first-order valence-corrected chi connectivity index (χ1v) is 8.96. The van der Waals surface area contributed by atoms with Gasteiger partial charge in [0.15, 0.2) is 11.5 Å². The van der Waals surface area contributed by atoms with Gasteiger partial charge in [0.05, 0.1) is 11.4 Å². The maximum absolute atomic E-state index is 12.4. The topological polar surface area (TPSA) is 76.4 Å². The summed E-state index contributed by atoms with van der Waals surface area (Å²) in [6, 6.07) is 12.5. The van der Waals surface area contributed by atoms with Gasteiger partial charge in [-0.05, 0) is 36.2 Å². The zero-order valence-electron chi connectivity index (χ0n) is 12.8. The van der Waals surface area contributed by atoms with Crippen LogP contribution in [-0.2, 0) is 23.0 Å². The molecule has 0 radical (unpaired) electrons. The molecule has 0 amide bonds. The van der Waals surface area contributed by atoms with Gasteiger partial charge in [0.25, 0.3) is 0 Å². The van der Waals surface area contributed by atoms with E-state index in [2.05, 4.69) is 21.8 Å². The number of fused-ring (bicyclic) bond motifs is 1. The Labute approximate surface area is 135 Å². The molecule has 23 heavy (non-hydrogen) atoms. The molecule has 2 heterocycles. The summed E-state index contributed by atoms with van der Waals surface area (Å²) >= 11 is 0. The van der Waals surface area contributed by atoms with Crippen molar-refractivity contribution in [3.63, 3.8) is 0 Å². The Bertz CT molecular complexity index is 901. The van der Waals surface area contributed by atoms with Gasteiger partial charge in [0, 0.05) is 6.20 Å². The lowest BCUT2D eigenvalue weighted by molar-refractivity contribution is 0.579. The maximum Gasteiger partial charge on any atom is 0.240 e. The second-order valence-corrected chi connectivity index (χ2v) is 7.03. The third-order valence-electron chi connectivity index (χ3n) is 3.58. The van der Waals surface area contributed by atoms with Crippen molar-refractivity contribution < 1.29 is 8.42 Å². The van der Waals surface area contributed by atoms with Gasteiger partial charge in [-0.25, -0.2) is 13.1 Å². The van der Waals surface area contributed by atoms with Gasteiger partial charge in [-0.15, -0.1) is 10.2 Å². The average molecular weight is 330 g/mol. The second-order valence-electron chi connectivity index (χ2n) is 5.26. The van der Waals surface area contributed by atoms with Crippen LogP contribution in [0.3, 0.4) is 0 Å². The predicted molar refractivity (Wildman–Crippen MR) is 87.4 cm³/mol. The summed E-state index contributed by atoms with van der Waals surface area (Å²) in [7, 11) is -3.57. The van der Waals surface area contributed by atoms with Crippen LogP contribution in [0.25, 0.3) is 5.65 Å². The summed E-state index contributed by atoms with van der Waals surface area (Å²) in [6.07, 6.45) is 3.78. The molecule has 0 atom stereocenters. The molecule has 2 aromatic heterocycles. The van der Waals surface area contributed by atoms with Crippen LogP contribution < -0.4 is 4.72 Å². The number of benzene rings is 1. The summed E-state index contributed by atoms with van der Waals surface area (Å²) in [4.78, 5) is 0.256. The van der Waals surface area contributed by atoms with Crippen molar-refractivity contribution in [2.45, 2.75) is 31.2 Å². The van der Waals surface area contributed by atoms with Crippen molar-refractivity contribution in [2.24, 2.45) is 0 Å². The molecule has 0 bridgehead atoms. The molecule has 1 aromatic carbocycles. The van der Waals surface area contributed by atoms with Crippen LogP contribution >= 0.6 is 0 Å². The van der Waals surface area contributed by atoms with Crippen molar-refractivity contribution in [1.29, 1.82) is 0 Å². The standard InChI is InChI=1S/C16H18N4O2S/c1-2-5-13-7-9-14(10-8-13)23(21,22)17-12-16-19-18-15-6-3-4-11-20(15)16/h3-4,6-11,17H,2,5,12H2,1H3. The third kappa shape index (κ3) is 3.40. The van der Waals surface area contributed by atoms with Crippen LogP contribution in [0.2, 0.25) is 0 Å². The van der Waals surface area contributed by atoms with Crippen LogP contribution in [0, 0.1) is 0 Å². The first-order chi connectivity index (χ1) is 11.1. The van der Waals surface area contributed by atoms with Gasteiger partial charge < -0.3 is 0 Å². The van der Waals surface area contributed by atoms with E-state index < -0.39 is 10.0 Å². The Hall–Kier alpha value is -2.25. The number of pyridine rings is 1. The first kappa shape index (κ1) is 15.6. The van der Waals surface area contributed by atoms with E-state index in [1.807, 2.05) is 30.3 Å². The normalized spacial score (nSPS) is 11.9. The number of hydrogen-bond acceptors (Lipinski definition) is 4. The van der Waals surface area contributed by atoms with Gasteiger partial charge >= 0.3 is 0 Å². The van der Waals surface area contributed by atoms with Gasteiger partial charge in [-0.3, -0.25) is 4.40 Å². The molecule has 0 saturated carbocycles. The molecular formula is C16H18N4O2S. The molecule has 0 aliphatic rings. The van der Waals surface area contributed by atoms with Crippen molar-refractivity contribution in [3.8, 4) is 0 Å². The zero-order chi connectivity index (χ0) is 16.3. The predicted octanol–water partition coefficient (Wildman–Crippen LogP) is 2.16. The minimum Gasteiger partial charge on any atom is -0.285 e. The van der Waals surface area contributed by atoms with Crippen molar-refractivity contribution in [1.82, 2.24) is 19.3 Å². The molecule has 0 aliphatic heterocycles. The van der Waals surface area contributed by atoms with Gasteiger partial charge in [-0.2, -0.15) is 0 Å². The van der Waals surface area contributed by atoms with Crippen LogP contribution in [-0.4, -0.2) is 23.0 Å². The SMILES string of the molecule is CCCc1ccc(S(=O)(=O)NCc2nnc3ccccn23)cc1. The van der Waals surface area contributed by atoms with Gasteiger partial charge in [0.2, 0.25) is 10.0 Å². The Morgan fingerprint density at radius 1 is 1.09 bits per heavy atom. The lowest BCUT2D eigenvalue weighted by atomic mass is 10.1. The number of nitrogens with one attached hydrogen (secondary N) is 1. The summed E-state index contributed by atoms with van der Waals surface area (Å²) in [5, 5.41) is 8.02. The van der Waals surface area contributed by atoms with E-state index >= 15 is 0 Å². The molecule has 0 fully saturated rings. The first-order valence-electron chi connectivity index (χ1n) is 7.47. The molecule has 0 saturated heterocycles. The highest BCUT2D eigenvalue weighted by atomic mass is 32.2. The van der Waals surface area contributed by atoms with Crippen LogP contribution in [0.5, 0.6) is 0 Å². The minimum absolute atomic E-state index is 0.0875. The molecule has 0 unspecified atom stereocenters. The molecule has 6 nitrogen and oxygen atoms in total. The maximum atomic E-state index is 12.4. The Kier molecular flexibility index (Phi) is 4.40. The highest BCUT2D eigenvalue weighted by molar-refractivity contribution is 7.89. The van der Waals surface area contributed by atoms with E-state index in [-0.39, 0.29) is 11.4 Å². The minimum atomic E-state index is -3.57. The monoisotopic (exact) mass is 330 g/mol. The molecular weight excluding hydrogens is 312 g/mol. The number of aryl methyl sites for hydroxylation is 1. The summed E-state index contributed by atoms with van der Waals surface area (Å²) in [6.45, 7) is 2.18. The van der Waals surface area contributed by atoms with Crippen LogP contribution in [0.15, 0.2) is 53.6 Å². The largest absolute Gasteiger partial charge is 0.285 e. The quantitative estimate of drug-likeness (QED) is 0.751. The van der Waals surface area contributed by atoms with E-state index in [4.69, 9.17) is 0 Å². The highest BCUT2D eigenvalue weighted by Crippen LogP contribution is 2.12. The number of hydrogen-bond donors (Lipinski definition) is 1. The van der Waals surface area contributed by atoms with Crippen LogP contribution in [0.1, 0.15) is 24.7 Å². The van der Waals surface area contributed by atoms with Gasteiger partial charge in [-0.1, -0.05) is 31.5 Å². The molecule has 3 rings (SSSR count). The Morgan fingerprint density at radius 2 is 1.87 bits per heavy atom. The molecule has 3 aromatic rings. The summed E-state index contributed by atoms with van der Waals surface area (Å²) in [5.74, 6) is 0.548. The van der Waals surface area contributed by atoms with E-state index in [1.165, 1.54) is 0 Å². The number of aromatic nitrogens is 3. The number of sulfonamides is 1. The smallest absolute Gasteiger partial charge is 0.240 e. The fourth-order valence-corrected chi connectivity index (χ4v) is 3.36. The lowest BCUT2D eigenvalue weighted by Gasteiger charge is -2.07. The third-order valence-corrected chi connectivity index (χ3v) is 4.99. The Morgan fingerprint density at radius 3 is 2.61 bits per heavy atom. The van der Waals surface area contributed by atoms with E-state index in [9.17, 15) is 8.42 Å². The summed E-state index contributed by atoms with van der Waals surface area (Å²) < 4.78 is 29.1. The number of nitrogens with zero attached hydrogens (tertiary/aromatic N) is 3. The Balaban J connectivity index is 1.76. The molecule has 0 spiro atoms. The van der Waals surface area contributed by atoms with E-state index in [0.717, 1.165) is 18.4 Å². The van der Waals surface area contributed by atoms with E-state index in [1.54, 1.807) is 22.7 Å². The fraction of sp³-hybridized carbons (Fsp3) is 0.250. The zero-order valence-corrected chi connectivity index (χ0v) is 13.6. The number of rotatable bonds is 6. The highest BCUT2D eigenvalue weighted by Gasteiger charge is 2.15. The molecule has 7 heteroatoms. The molecule has 0 aliphatic carbocycles. The van der Waals surface area contributed by atoms with E-state index in [0.29, 0.717) is 11.5 Å².